The van der Waals surface area contributed by atoms with E-state index in [0.717, 1.165) is 25.3 Å². The molecule has 132 valence electrons. The number of hydrogen-bond acceptors (Lipinski definition) is 5. The first-order valence-electron chi connectivity index (χ1n) is 9.24. The largest absolute Gasteiger partial charge is 0.324 e. The van der Waals surface area contributed by atoms with Crippen LogP contribution in [0.4, 0.5) is 11.6 Å². The van der Waals surface area contributed by atoms with E-state index >= 15 is 0 Å². The summed E-state index contributed by atoms with van der Waals surface area (Å²) < 4.78 is 0. The van der Waals surface area contributed by atoms with Crippen molar-refractivity contribution >= 4 is 11.6 Å². The standard InChI is InChI=1S/C20H27N5/c1-13-6-14(2)8-17(7-13)23-20-22-10-16-11-25(12-19(16)24-20)18-4-5-21-15(3)9-18/h6-8,10,15,18,21H,4-5,9,11-12H2,1-3H3,(H,22,23,24)/t15-,18+/m0/s1. The molecule has 1 aromatic heterocycles. The van der Waals surface area contributed by atoms with E-state index in [1.165, 1.54) is 35.2 Å². The van der Waals surface area contributed by atoms with Crippen LogP contribution in [-0.4, -0.2) is 33.5 Å². The number of aromatic nitrogens is 2. The van der Waals surface area contributed by atoms with Crippen molar-refractivity contribution in [3.8, 4) is 0 Å². The van der Waals surface area contributed by atoms with E-state index in [4.69, 9.17) is 4.98 Å². The maximum atomic E-state index is 4.79. The van der Waals surface area contributed by atoms with Crippen molar-refractivity contribution < 1.29 is 0 Å². The molecule has 5 nitrogen and oxygen atoms in total. The van der Waals surface area contributed by atoms with Crippen molar-refractivity contribution in [1.29, 1.82) is 0 Å². The van der Waals surface area contributed by atoms with Crippen LogP contribution in [0.3, 0.4) is 0 Å². The molecule has 1 aromatic carbocycles. The van der Waals surface area contributed by atoms with Gasteiger partial charge in [0.2, 0.25) is 5.95 Å². The summed E-state index contributed by atoms with van der Waals surface area (Å²) in [6.45, 7) is 9.54. The number of nitrogens with zero attached hydrogens (tertiary/aromatic N) is 3. The Bertz CT molecular complexity index is 752. The van der Waals surface area contributed by atoms with Gasteiger partial charge in [0.05, 0.1) is 5.69 Å². The molecule has 4 rings (SSSR count). The van der Waals surface area contributed by atoms with Gasteiger partial charge in [-0.05, 0) is 63.4 Å². The Morgan fingerprint density at radius 3 is 2.72 bits per heavy atom. The Hall–Kier alpha value is -1.98. The summed E-state index contributed by atoms with van der Waals surface area (Å²) in [6.07, 6.45) is 4.44. The Balaban J connectivity index is 1.48. The van der Waals surface area contributed by atoms with Gasteiger partial charge in [0.15, 0.2) is 0 Å². The summed E-state index contributed by atoms with van der Waals surface area (Å²) in [5.41, 5.74) is 5.99. The fraction of sp³-hybridized carbons (Fsp3) is 0.500. The third kappa shape index (κ3) is 3.67. The van der Waals surface area contributed by atoms with Gasteiger partial charge in [-0.1, -0.05) is 6.07 Å². The van der Waals surface area contributed by atoms with Gasteiger partial charge in [0.25, 0.3) is 0 Å². The summed E-state index contributed by atoms with van der Waals surface area (Å²) >= 11 is 0. The van der Waals surface area contributed by atoms with Gasteiger partial charge in [0, 0.05) is 42.6 Å². The zero-order valence-corrected chi connectivity index (χ0v) is 15.3. The van der Waals surface area contributed by atoms with Crippen LogP contribution in [0.25, 0.3) is 0 Å². The van der Waals surface area contributed by atoms with Crippen LogP contribution in [-0.2, 0) is 13.1 Å². The Morgan fingerprint density at radius 2 is 1.96 bits per heavy atom. The summed E-state index contributed by atoms with van der Waals surface area (Å²) in [5.74, 6) is 0.698. The normalized spacial score (nSPS) is 23.5. The minimum absolute atomic E-state index is 0.607. The molecule has 0 unspecified atom stereocenters. The molecule has 0 aliphatic carbocycles. The van der Waals surface area contributed by atoms with Gasteiger partial charge in [-0.15, -0.1) is 0 Å². The van der Waals surface area contributed by atoms with Crippen molar-refractivity contribution in [2.24, 2.45) is 0 Å². The number of hydrogen-bond donors (Lipinski definition) is 2. The predicted octanol–water partition coefficient (Wildman–Crippen LogP) is 3.29. The number of anilines is 2. The zero-order chi connectivity index (χ0) is 17.4. The average molecular weight is 337 g/mol. The molecule has 2 N–H and O–H groups in total. The molecule has 5 heteroatoms. The zero-order valence-electron chi connectivity index (χ0n) is 15.3. The predicted molar refractivity (Wildman–Crippen MR) is 101 cm³/mol. The number of benzene rings is 1. The van der Waals surface area contributed by atoms with Crippen molar-refractivity contribution in [2.45, 2.75) is 58.8 Å². The highest BCUT2D eigenvalue weighted by Crippen LogP contribution is 2.28. The van der Waals surface area contributed by atoms with E-state index in [0.29, 0.717) is 18.0 Å². The molecule has 0 spiro atoms. The fourth-order valence-corrected chi connectivity index (χ4v) is 4.11. The SMILES string of the molecule is Cc1cc(C)cc(Nc2ncc3c(n2)CN([C@@H]2CCN[C@@H](C)C2)C3)c1. The van der Waals surface area contributed by atoms with Gasteiger partial charge in [-0.2, -0.15) is 0 Å². The lowest BCUT2D eigenvalue weighted by atomic mass is 9.99. The maximum Gasteiger partial charge on any atom is 0.227 e. The Kier molecular flexibility index (Phi) is 4.44. The first-order chi connectivity index (χ1) is 12.1. The lowest BCUT2D eigenvalue weighted by molar-refractivity contribution is 0.146. The second-order valence-corrected chi connectivity index (χ2v) is 7.61. The van der Waals surface area contributed by atoms with Crippen molar-refractivity contribution in [2.75, 3.05) is 11.9 Å². The summed E-state index contributed by atoms with van der Waals surface area (Å²) in [4.78, 5) is 11.9. The first-order valence-corrected chi connectivity index (χ1v) is 9.24. The number of nitrogens with one attached hydrogen (secondary N) is 2. The van der Waals surface area contributed by atoms with Crippen LogP contribution in [0.1, 0.15) is 42.1 Å². The highest BCUT2D eigenvalue weighted by Gasteiger charge is 2.30. The quantitative estimate of drug-likeness (QED) is 0.900. The van der Waals surface area contributed by atoms with E-state index < -0.39 is 0 Å². The highest BCUT2D eigenvalue weighted by atomic mass is 15.2. The molecule has 3 heterocycles. The summed E-state index contributed by atoms with van der Waals surface area (Å²) in [5, 5.41) is 6.90. The average Bonchev–Trinajstić information content (AvgIpc) is 2.97. The molecule has 1 saturated heterocycles. The molecule has 2 atom stereocenters. The topological polar surface area (TPSA) is 53.1 Å². The van der Waals surface area contributed by atoms with Crippen LogP contribution >= 0.6 is 0 Å². The molecular formula is C20H27N5. The van der Waals surface area contributed by atoms with Gasteiger partial charge in [-0.25, -0.2) is 9.97 Å². The molecule has 2 aliphatic heterocycles. The van der Waals surface area contributed by atoms with Crippen LogP contribution in [0.5, 0.6) is 0 Å². The second-order valence-electron chi connectivity index (χ2n) is 7.61. The molecule has 25 heavy (non-hydrogen) atoms. The fourth-order valence-electron chi connectivity index (χ4n) is 4.11. The van der Waals surface area contributed by atoms with Crippen molar-refractivity contribution in [1.82, 2.24) is 20.2 Å². The minimum atomic E-state index is 0.607. The minimum Gasteiger partial charge on any atom is -0.324 e. The molecule has 2 aromatic rings. The highest BCUT2D eigenvalue weighted by molar-refractivity contribution is 5.56. The van der Waals surface area contributed by atoms with Crippen LogP contribution in [0.15, 0.2) is 24.4 Å². The number of fused-ring (bicyclic) bond motifs is 1. The first kappa shape index (κ1) is 16.5. The van der Waals surface area contributed by atoms with Crippen LogP contribution in [0.2, 0.25) is 0 Å². The second kappa shape index (κ2) is 6.73. The molecule has 0 saturated carbocycles. The molecule has 1 fully saturated rings. The lowest BCUT2D eigenvalue weighted by Gasteiger charge is -2.34. The van der Waals surface area contributed by atoms with Crippen LogP contribution in [0, 0.1) is 13.8 Å². The van der Waals surface area contributed by atoms with Gasteiger partial charge >= 0.3 is 0 Å². The third-order valence-corrected chi connectivity index (χ3v) is 5.27. The van der Waals surface area contributed by atoms with Gasteiger partial charge in [-0.3, -0.25) is 4.90 Å². The summed E-state index contributed by atoms with van der Waals surface area (Å²) in [6, 6.07) is 7.70. The number of piperidine rings is 1. The number of rotatable bonds is 3. The smallest absolute Gasteiger partial charge is 0.227 e. The molecule has 0 radical (unpaired) electrons. The van der Waals surface area contributed by atoms with Gasteiger partial charge in [0.1, 0.15) is 0 Å². The third-order valence-electron chi connectivity index (χ3n) is 5.27. The molecule has 0 bridgehead atoms. The van der Waals surface area contributed by atoms with Crippen molar-refractivity contribution in [3.63, 3.8) is 0 Å². The Labute approximate surface area is 149 Å². The molecule has 0 amide bonds. The van der Waals surface area contributed by atoms with E-state index in [1.54, 1.807) is 0 Å². The number of aryl methyl sites for hydroxylation is 2. The maximum absolute atomic E-state index is 4.79. The molecule has 2 aliphatic rings. The Morgan fingerprint density at radius 1 is 1.16 bits per heavy atom. The molecular weight excluding hydrogens is 310 g/mol. The van der Waals surface area contributed by atoms with Crippen molar-refractivity contribution in [3.05, 3.63) is 46.8 Å². The monoisotopic (exact) mass is 337 g/mol. The van der Waals surface area contributed by atoms with Gasteiger partial charge < -0.3 is 10.6 Å². The van der Waals surface area contributed by atoms with E-state index in [2.05, 4.69) is 59.5 Å². The van der Waals surface area contributed by atoms with E-state index in [-0.39, 0.29) is 0 Å². The van der Waals surface area contributed by atoms with E-state index in [9.17, 15) is 0 Å². The summed E-state index contributed by atoms with van der Waals surface area (Å²) in [7, 11) is 0. The van der Waals surface area contributed by atoms with Crippen LogP contribution < -0.4 is 10.6 Å². The lowest BCUT2D eigenvalue weighted by Crippen LogP contribution is -2.45. The van der Waals surface area contributed by atoms with E-state index in [1.807, 2.05) is 6.20 Å².